The van der Waals surface area contributed by atoms with Crippen LogP contribution >= 0.6 is 11.8 Å². The van der Waals surface area contributed by atoms with Gasteiger partial charge in [-0.2, -0.15) is 11.8 Å². The van der Waals surface area contributed by atoms with E-state index in [4.69, 9.17) is 9.47 Å². The minimum absolute atomic E-state index is 0.0140. The molecule has 0 aromatic carbocycles. The summed E-state index contributed by atoms with van der Waals surface area (Å²) in [5.41, 5.74) is -0.0140. The molecular formula is C15H25NO3S. The van der Waals surface area contributed by atoms with Crippen molar-refractivity contribution in [2.75, 3.05) is 38.3 Å². The highest BCUT2D eigenvalue weighted by atomic mass is 32.2. The van der Waals surface area contributed by atoms with Crippen molar-refractivity contribution in [2.24, 2.45) is 5.92 Å². The van der Waals surface area contributed by atoms with Gasteiger partial charge in [-0.05, 0) is 37.2 Å². The van der Waals surface area contributed by atoms with Crippen molar-refractivity contribution < 1.29 is 14.3 Å². The molecular weight excluding hydrogens is 274 g/mol. The number of hydrogen-bond acceptors (Lipinski definition) is 4. The van der Waals surface area contributed by atoms with E-state index in [0.717, 1.165) is 56.7 Å². The van der Waals surface area contributed by atoms with Gasteiger partial charge in [0, 0.05) is 32.5 Å². The third-order valence-electron chi connectivity index (χ3n) is 5.07. The van der Waals surface area contributed by atoms with Crippen molar-refractivity contribution in [3.05, 3.63) is 0 Å². The molecule has 1 amide bonds. The monoisotopic (exact) mass is 299 g/mol. The maximum Gasteiger partial charge on any atom is 0.225 e. The fraction of sp³-hybridized carbons (Fsp3) is 0.933. The van der Waals surface area contributed by atoms with Crippen LogP contribution in [0.1, 0.15) is 32.1 Å². The highest BCUT2D eigenvalue weighted by Crippen LogP contribution is 2.37. The van der Waals surface area contributed by atoms with Gasteiger partial charge in [0.1, 0.15) is 0 Å². The molecule has 0 N–H and O–H groups in total. The van der Waals surface area contributed by atoms with E-state index in [2.05, 4.69) is 4.90 Å². The zero-order chi connectivity index (χ0) is 14.0. The van der Waals surface area contributed by atoms with Gasteiger partial charge in [-0.15, -0.1) is 0 Å². The van der Waals surface area contributed by atoms with E-state index in [0.29, 0.717) is 12.5 Å². The summed E-state index contributed by atoms with van der Waals surface area (Å²) >= 11 is 1.98. The molecule has 3 heterocycles. The smallest absolute Gasteiger partial charge is 0.225 e. The van der Waals surface area contributed by atoms with Crippen LogP contribution in [0.25, 0.3) is 0 Å². The molecule has 3 saturated heterocycles. The van der Waals surface area contributed by atoms with Crippen LogP contribution in [0.5, 0.6) is 0 Å². The molecule has 4 nitrogen and oxygen atoms in total. The van der Waals surface area contributed by atoms with E-state index < -0.39 is 0 Å². The molecule has 0 saturated carbocycles. The molecule has 0 aromatic heterocycles. The minimum atomic E-state index is -0.0140. The van der Waals surface area contributed by atoms with E-state index in [1.165, 1.54) is 0 Å². The van der Waals surface area contributed by atoms with Crippen molar-refractivity contribution in [2.45, 2.75) is 43.8 Å². The molecule has 20 heavy (non-hydrogen) atoms. The third-order valence-corrected chi connectivity index (χ3v) is 6.11. The van der Waals surface area contributed by atoms with Gasteiger partial charge in [0.15, 0.2) is 0 Å². The van der Waals surface area contributed by atoms with Gasteiger partial charge in [0.05, 0.1) is 18.3 Å². The second-order valence-corrected chi connectivity index (χ2v) is 7.49. The Morgan fingerprint density at radius 1 is 1.30 bits per heavy atom. The fourth-order valence-electron chi connectivity index (χ4n) is 3.64. The van der Waals surface area contributed by atoms with Crippen LogP contribution in [0.4, 0.5) is 0 Å². The van der Waals surface area contributed by atoms with E-state index >= 15 is 0 Å². The lowest BCUT2D eigenvalue weighted by molar-refractivity contribution is -0.140. The molecule has 114 valence electrons. The SMILES string of the molecule is CO[C@@H]1COC2(CCN(C(=O)C3CCSCC3)CC2)C1. The molecule has 3 fully saturated rings. The first-order chi connectivity index (χ1) is 9.72. The number of likely N-dealkylation sites (tertiary alicyclic amines) is 1. The largest absolute Gasteiger partial charge is 0.379 e. The van der Waals surface area contributed by atoms with E-state index in [9.17, 15) is 4.79 Å². The van der Waals surface area contributed by atoms with Crippen LogP contribution in [-0.4, -0.2) is 60.8 Å². The first-order valence-corrected chi connectivity index (χ1v) is 8.91. The van der Waals surface area contributed by atoms with Crippen molar-refractivity contribution in [1.29, 1.82) is 0 Å². The van der Waals surface area contributed by atoms with Gasteiger partial charge in [-0.3, -0.25) is 4.79 Å². The highest BCUT2D eigenvalue weighted by molar-refractivity contribution is 7.99. The molecule has 5 heteroatoms. The maximum atomic E-state index is 12.5. The Kier molecular flexibility index (Phi) is 4.58. The van der Waals surface area contributed by atoms with Gasteiger partial charge in [-0.25, -0.2) is 0 Å². The van der Waals surface area contributed by atoms with Gasteiger partial charge in [0.25, 0.3) is 0 Å². The van der Waals surface area contributed by atoms with Crippen LogP contribution in [0.2, 0.25) is 0 Å². The summed E-state index contributed by atoms with van der Waals surface area (Å²) in [5, 5.41) is 0. The van der Waals surface area contributed by atoms with E-state index in [-0.39, 0.29) is 17.6 Å². The van der Waals surface area contributed by atoms with Crippen LogP contribution in [0.3, 0.4) is 0 Å². The van der Waals surface area contributed by atoms with Crippen molar-refractivity contribution in [3.8, 4) is 0 Å². The lowest BCUT2D eigenvalue weighted by Crippen LogP contribution is -2.48. The van der Waals surface area contributed by atoms with Crippen LogP contribution in [0.15, 0.2) is 0 Å². The summed E-state index contributed by atoms with van der Waals surface area (Å²) in [7, 11) is 1.76. The summed E-state index contributed by atoms with van der Waals surface area (Å²) in [5.74, 6) is 2.96. The van der Waals surface area contributed by atoms with E-state index in [1.807, 2.05) is 11.8 Å². The summed E-state index contributed by atoms with van der Waals surface area (Å²) < 4.78 is 11.4. The lowest BCUT2D eigenvalue weighted by Gasteiger charge is -2.40. The summed E-state index contributed by atoms with van der Waals surface area (Å²) in [6, 6.07) is 0. The van der Waals surface area contributed by atoms with E-state index in [1.54, 1.807) is 7.11 Å². The topological polar surface area (TPSA) is 38.8 Å². The Morgan fingerprint density at radius 2 is 2.00 bits per heavy atom. The zero-order valence-corrected chi connectivity index (χ0v) is 13.1. The predicted molar refractivity (Wildman–Crippen MR) is 80.0 cm³/mol. The highest BCUT2D eigenvalue weighted by Gasteiger charge is 2.44. The molecule has 3 aliphatic rings. The number of nitrogens with zero attached hydrogens (tertiary/aromatic N) is 1. The predicted octanol–water partition coefficient (Wildman–Crippen LogP) is 1.93. The third kappa shape index (κ3) is 3.00. The maximum absolute atomic E-state index is 12.5. The Balaban J connectivity index is 1.52. The number of thioether (sulfide) groups is 1. The van der Waals surface area contributed by atoms with Gasteiger partial charge < -0.3 is 14.4 Å². The fourth-order valence-corrected chi connectivity index (χ4v) is 4.75. The Labute approximate surface area is 125 Å². The van der Waals surface area contributed by atoms with Gasteiger partial charge >= 0.3 is 0 Å². The number of methoxy groups -OCH3 is 1. The number of rotatable bonds is 2. The first-order valence-electron chi connectivity index (χ1n) is 7.76. The van der Waals surface area contributed by atoms with Crippen LogP contribution in [-0.2, 0) is 14.3 Å². The van der Waals surface area contributed by atoms with Gasteiger partial charge in [0.2, 0.25) is 5.91 Å². The lowest BCUT2D eigenvalue weighted by atomic mass is 9.87. The molecule has 1 spiro atoms. The molecule has 0 bridgehead atoms. The molecule has 3 rings (SSSR count). The molecule has 0 aliphatic carbocycles. The number of hydrogen-bond donors (Lipinski definition) is 0. The second kappa shape index (κ2) is 6.24. The molecule has 0 unspecified atom stereocenters. The number of carbonyl (C=O) groups excluding carboxylic acids is 1. The van der Waals surface area contributed by atoms with Crippen LogP contribution < -0.4 is 0 Å². The summed E-state index contributed by atoms with van der Waals surface area (Å²) in [6.07, 6.45) is 5.31. The van der Waals surface area contributed by atoms with Crippen molar-refractivity contribution in [3.63, 3.8) is 0 Å². The Bertz CT molecular complexity index is 349. The number of ether oxygens (including phenoxy) is 2. The minimum Gasteiger partial charge on any atom is -0.379 e. The molecule has 0 radical (unpaired) electrons. The molecule has 3 aliphatic heterocycles. The number of amides is 1. The Hall–Kier alpha value is -0.260. The second-order valence-electron chi connectivity index (χ2n) is 6.27. The average Bonchev–Trinajstić information content (AvgIpc) is 2.91. The normalized spacial score (nSPS) is 30.9. The summed E-state index contributed by atoms with van der Waals surface area (Å²) in [6.45, 7) is 2.43. The van der Waals surface area contributed by atoms with Gasteiger partial charge in [-0.1, -0.05) is 0 Å². The quantitative estimate of drug-likeness (QED) is 0.781. The van der Waals surface area contributed by atoms with Crippen LogP contribution in [0, 0.1) is 5.92 Å². The summed E-state index contributed by atoms with van der Waals surface area (Å²) in [4.78, 5) is 14.6. The Morgan fingerprint density at radius 3 is 2.60 bits per heavy atom. The standard InChI is InChI=1S/C15H25NO3S/c1-18-13-10-15(19-11-13)4-6-16(7-5-15)14(17)12-2-8-20-9-3-12/h12-13H,2-11H2,1H3/t13-/m0/s1. The zero-order valence-electron chi connectivity index (χ0n) is 12.3. The average molecular weight is 299 g/mol. The number of piperidine rings is 1. The van der Waals surface area contributed by atoms with Crippen molar-refractivity contribution in [1.82, 2.24) is 4.90 Å². The first kappa shape index (κ1) is 14.7. The number of carbonyl (C=O) groups is 1. The molecule has 1 atom stereocenters. The van der Waals surface area contributed by atoms with Crippen molar-refractivity contribution >= 4 is 17.7 Å². The molecule has 0 aromatic rings.